The summed E-state index contributed by atoms with van der Waals surface area (Å²) in [6.07, 6.45) is 2.96. The number of fused-ring (bicyclic) bond motifs is 1. The van der Waals surface area contributed by atoms with Crippen LogP contribution < -0.4 is 0 Å². The van der Waals surface area contributed by atoms with E-state index in [1.165, 1.54) is 5.56 Å². The smallest absolute Gasteiger partial charge is 0.0661 e. The molecule has 0 saturated carbocycles. The van der Waals surface area contributed by atoms with Gasteiger partial charge in [-0.25, -0.2) is 0 Å². The van der Waals surface area contributed by atoms with E-state index in [1.54, 1.807) is 0 Å². The van der Waals surface area contributed by atoms with E-state index < -0.39 is 0 Å². The topological polar surface area (TPSA) is 12.4 Å². The van der Waals surface area contributed by atoms with Crippen LogP contribution in [0.1, 0.15) is 5.56 Å². The molecule has 2 rings (SSSR count). The Morgan fingerprint density at radius 2 is 2.11 bits per heavy atom. The molecular weight excluding hydrogens is 110 g/mol. The quantitative estimate of drug-likeness (QED) is 0.492. The van der Waals surface area contributed by atoms with Gasteiger partial charge in [0.25, 0.3) is 0 Å². The van der Waals surface area contributed by atoms with Crippen molar-refractivity contribution in [3.63, 3.8) is 0 Å². The molecule has 1 aliphatic heterocycles. The maximum Gasteiger partial charge on any atom is 0.0661 e. The minimum Gasteiger partial charge on any atom is -0.261 e. The van der Waals surface area contributed by atoms with Gasteiger partial charge < -0.3 is 0 Å². The average Bonchev–Trinajstić information content (AvgIpc) is 2.33. The normalized spacial score (nSPS) is 13.8. The van der Waals surface area contributed by atoms with E-state index in [0.717, 1.165) is 12.1 Å². The van der Waals surface area contributed by atoms with Crippen molar-refractivity contribution in [2.75, 3.05) is 0 Å². The first-order valence-corrected chi connectivity index (χ1v) is 3.07. The molecule has 1 nitrogen and oxygen atoms in total. The Morgan fingerprint density at radius 3 is 3.00 bits per heavy atom. The molecule has 0 spiro atoms. The van der Waals surface area contributed by atoms with Gasteiger partial charge in [0.05, 0.1) is 5.69 Å². The lowest BCUT2D eigenvalue weighted by Gasteiger charge is -1.91. The molecule has 1 aliphatic rings. The SMILES string of the molecule is C1=Nc2ccccc2C1. The van der Waals surface area contributed by atoms with Gasteiger partial charge in [-0.15, -0.1) is 0 Å². The third kappa shape index (κ3) is 0.653. The van der Waals surface area contributed by atoms with E-state index in [4.69, 9.17) is 0 Å². The fourth-order valence-electron chi connectivity index (χ4n) is 1.05. The zero-order valence-electron chi connectivity index (χ0n) is 5.04. The highest BCUT2D eigenvalue weighted by atomic mass is 14.7. The first-order chi connectivity index (χ1) is 4.47. The van der Waals surface area contributed by atoms with E-state index in [0.29, 0.717) is 0 Å². The molecule has 0 bridgehead atoms. The molecular formula is C8H7N. The molecule has 0 aliphatic carbocycles. The standard InChI is InChI=1S/C8H7N/c1-2-4-8-7(3-1)5-6-9-8/h1-4,6H,5H2. The van der Waals surface area contributed by atoms with Gasteiger partial charge in [-0.3, -0.25) is 4.99 Å². The number of hydrogen-bond acceptors (Lipinski definition) is 1. The summed E-state index contributed by atoms with van der Waals surface area (Å²) in [7, 11) is 0. The lowest BCUT2D eigenvalue weighted by molar-refractivity contribution is 1.41. The van der Waals surface area contributed by atoms with Crippen LogP contribution in [0.2, 0.25) is 0 Å². The van der Waals surface area contributed by atoms with Crippen molar-refractivity contribution < 1.29 is 0 Å². The van der Waals surface area contributed by atoms with Gasteiger partial charge >= 0.3 is 0 Å². The van der Waals surface area contributed by atoms with Crippen molar-refractivity contribution in [2.45, 2.75) is 6.42 Å². The molecule has 0 atom stereocenters. The Morgan fingerprint density at radius 1 is 1.22 bits per heavy atom. The zero-order valence-corrected chi connectivity index (χ0v) is 5.04. The molecule has 0 aromatic heterocycles. The number of hydrogen-bond donors (Lipinski definition) is 0. The third-order valence-corrected chi connectivity index (χ3v) is 1.53. The van der Waals surface area contributed by atoms with Gasteiger partial charge in [0.15, 0.2) is 0 Å². The van der Waals surface area contributed by atoms with E-state index in [1.807, 2.05) is 24.4 Å². The fraction of sp³-hybridized carbons (Fsp3) is 0.125. The second-order valence-corrected chi connectivity index (χ2v) is 2.14. The van der Waals surface area contributed by atoms with Crippen LogP contribution in [0.3, 0.4) is 0 Å². The van der Waals surface area contributed by atoms with Crippen molar-refractivity contribution in [1.82, 2.24) is 0 Å². The zero-order chi connectivity index (χ0) is 6.10. The van der Waals surface area contributed by atoms with Crippen LogP contribution in [0.5, 0.6) is 0 Å². The minimum atomic E-state index is 1.01. The van der Waals surface area contributed by atoms with E-state index >= 15 is 0 Å². The Balaban J connectivity index is 2.63. The van der Waals surface area contributed by atoms with Crippen LogP contribution in [0.15, 0.2) is 29.3 Å². The van der Waals surface area contributed by atoms with Gasteiger partial charge in [-0.2, -0.15) is 0 Å². The summed E-state index contributed by atoms with van der Waals surface area (Å²) in [5, 5.41) is 0. The number of nitrogens with zero attached hydrogens (tertiary/aromatic N) is 1. The predicted molar refractivity (Wildman–Crippen MR) is 38.3 cm³/mol. The molecule has 0 radical (unpaired) electrons. The summed E-state index contributed by atoms with van der Waals surface area (Å²) in [5.41, 5.74) is 2.48. The molecule has 1 heterocycles. The van der Waals surface area contributed by atoms with E-state index in [-0.39, 0.29) is 0 Å². The fourth-order valence-corrected chi connectivity index (χ4v) is 1.05. The number of aliphatic imine (C=N–C) groups is 1. The largest absolute Gasteiger partial charge is 0.261 e. The highest BCUT2D eigenvalue weighted by Crippen LogP contribution is 2.22. The molecule has 0 saturated heterocycles. The van der Waals surface area contributed by atoms with Crippen molar-refractivity contribution in [3.8, 4) is 0 Å². The third-order valence-electron chi connectivity index (χ3n) is 1.53. The lowest BCUT2D eigenvalue weighted by Crippen LogP contribution is -1.75. The molecule has 0 N–H and O–H groups in total. The highest BCUT2D eigenvalue weighted by Gasteiger charge is 2.01. The van der Waals surface area contributed by atoms with Crippen LogP contribution in [-0.2, 0) is 6.42 Å². The molecule has 1 aromatic rings. The highest BCUT2D eigenvalue weighted by molar-refractivity contribution is 5.75. The van der Waals surface area contributed by atoms with Crippen molar-refractivity contribution in [3.05, 3.63) is 29.8 Å². The van der Waals surface area contributed by atoms with E-state index in [2.05, 4.69) is 11.1 Å². The second-order valence-electron chi connectivity index (χ2n) is 2.14. The molecule has 44 valence electrons. The molecule has 1 aromatic carbocycles. The summed E-state index contributed by atoms with van der Waals surface area (Å²) < 4.78 is 0. The predicted octanol–water partition coefficient (Wildman–Crippen LogP) is 1.95. The molecule has 0 fully saturated rings. The number of rotatable bonds is 0. The summed E-state index contributed by atoms with van der Waals surface area (Å²) in [4.78, 5) is 4.17. The molecule has 0 unspecified atom stereocenters. The van der Waals surface area contributed by atoms with Gasteiger partial charge in [-0.05, 0) is 11.6 Å². The lowest BCUT2D eigenvalue weighted by atomic mass is 10.2. The van der Waals surface area contributed by atoms with Crippen molar-refractivity contribution >= 4 is 11.9 Å². The summed E-state index contributed by atoms with van der Waals surface area (Å²) >= 11 is 0. The van der Waals surface area contributed by atoms with E-state index in [9.17, 15) is 0 Å². The summed E-state index contributed by atoms with van der Waals surface area (Å²) in [6.45, 7) is 0. The Bertz CT molecular complexity index is 250. The maximum absolute atomic E-state index is 4.17. The Hall–Kier alpha value is -1.11. The van der Waals surface area contributed by atoms with Crippen LogP contribution in [-0.4, -0.2) is 6.21 Å². The van der Waals surface area contributed by atoms with Gasteiger partial charge in [0.2, 0.25) is 0 Å². The molecule has 9 heavy (non-hydrogen) atoms. The first-order valence-electron chi connectivity index (χ1n) is 3.07. The van der Waals surface area contributed by atoms with Crippen LogP contribution in [0.4, 0.5) is 5.69 Å². The monoisotopic (exact) mass is 117 g/mol. The minimum absolute atomic E-state index is 1.01. The summed E-state index contributed by atoms with van der Waals surface area (Å²) in [5.74, 6) is 0. The second kappa shape index (κ2) is 1.69. The van der Waals surface area contributed by atoms with Gasteiger partial charge in [0, 0.05) is 12.6 Å². The van der Waals surface area contributed by atoms with Crippen molar-refractivity contribution in [1.29, 1.82) is 0 Å². The van der Waals surface area contributed by atoms with Gasteiger partial charge in [-0.1, -0.05) is 18.2 Å². The summed E-state index contributed by atoms with van der Waals surface area (Å²) in [6, 6.07) is 8.22. The average molecular weight is 117 g/mol. The number of para-hydroxylation sites is 1. The Labute approximate surface area is 54.1 Å². The van der Waals surface area contributed by atoms with Gasteiger partial charge in [0.1, 0.15) is 0 Å². The molecule has 1 heteroatoms. The maximum atomic E-state index is 4.17. The van der Waals surface area contributed by atoms with Crippen molar-refractivity contribution in [2.24, 2.45) is 4.99 Å². The van der Waals surface area contributed by atoms with Crippen LogP contribution in [0, 0.1) is 0 Å². The van der Waals surface area contributed by atoms with Crippen LogP contribution >= 0.6 is 0 Å². The first kappa shape index (κ1) is 4.74. The Kier molecular flexibility index (Phi) is 0.890. The number of benzene rings is 1. The van der Waals surface area contributed by atoms with Crippen LogP contribution in [0.25, 0.3) is 0 Å². The molecule has 0 amide bonds.